The number of aryl methyl sites for hydroxylation is 1. The molecule has 28 heavy (non-hydrogen) atoms. The number of nitriles is 1. The summed E-state index contributed by atoms with van der Waals surface area (Å²) in [5.74, 6) is -2.07. The highest BCUT2D eigenvalue weighted by atomic mass is 19.4. The lowest BCUT2D eigenvalue weighted by molar-refractivity contribution is -0.171. The van der Waals surface area contributed by atoms with E-state index in [2.05, 4.69) is 20.3 Å². The fraction of sp³-hybridized carbons (Fsp3) is 0.667. The van der Waals surface area contributed by atoms with Gasteiger partial charge in [-0.2, -0.15) is 28.4 Å². The lowest BCUT2D eigenvalue weighted by Crippen LogP contribution is -2.22. The number of hydrogen-bond donors (Lipinski definition) is 2. The van der Waals surface area contributed by atoms with Crippen LogP contribution in [0.5, 0.6) is 0 Å². The van der Waals surface area contributed by atoms with Crippen molar-refractivity contribution in [2.75, 3.05) is 5.32 Å². The largest absolute Gasteiger partial charge is 0.391 e. The summed E-state index contributed by atoms with van der Waals surface area (Å²) in [7, 11) is 0. The van der Waals surface area contributed by atoms with Crippen molar-refractivity contribution in [3.63, 3.8) is 0 Å². The summed E-state index contributed by atoms with van der Waals surface area (Å²) in [6.07, 6.45) is -4.51. The number of alkyl halides is 3. The number of aliphatic hydroxyl groups excluding tert-OH is 1. The Morgan fingerprint density at radius 1 is 1.29 bits per heavy atom. The van der Waals surface area contributed by atoms with Crippen LogP contribution in [0.4, 0.5) is 23.5 Å². The molecule has 0 fully saturated rings. The van der Waals surface area contributed by atoms with Gasteiger partial charge in [0.05, 0.1) is 18.4 Å². The van der Waals surface area contributed by atoms with Gasteiger partial charge in [0.1, 0.15) is 17.8 Å². The first-order valence-electron chi connectivity index (χ1n) is 9.14. The van der Waals surface area contributed by atoms with Crippen LogP contribution in [0, 0.1) is 17.2 Å². The number of nitrogens with zero attached hydrogens (tertiary/aromatic N) is 4. The van der Waals surface area contributed by atoms with Crippen molar-refractivity contribution in [1.82, 2.24) is 15.0 Å². The number of allylic oxidation sites excluding steroid dienone is 1. The molecule has 6 nitrogen and oxygen atoms in total. The number of anilines is 1. The van der Waals surface area contributed by atoms with Gasteiger partial charge in [-0.15, -0.1) is 0 Å². The zero-order valence-electron chi connectivity index (χ0n) is 15.7. The van der Waals surface area contributed by atoms with Crippen LogP contribution >= 0.6 is 0 Å². The number of hydrogen-bond acceptors (Lipinski definition) is 6. The second-order valence-corrected chi connectivity index (χ2v) is 7.02. The molecule has 0 saturated heterocycles. The molecule has 2 rings (SSSR count). The molecule has 1 aromatic rings. The molecule has 1 aromatic heterocycles. The van der Waals surface area contributed by atoms with E-state index in [1.54, 1.807) is 6.92 Å². The molecule has 10 heteroatoms. The topological polar surface area (TPSA) is 94.7 Å². The minimum absolute atomic E-state index is 0.00701. The van der Waals surface area contributed by atoms with Crippen LogP contribution in [0.25, 0.3) is 5.57 Å². The Bertz CT molecular complexity index is 759. The molecule has 154 valence electrons. The van der Waals surface area contributed by atoms with Gasteiger partial charge < -0.3 is 10.4 Å². The zero-order valence-corrected chi connectivity index (χ0v) is 15.7. The van der Waals surface area contributed by atoms with E-state index >= 15 is 0 Å². The van der Waals surface area contributed by atoms with Crippen molar-refractivity contribution in [2.45, 2.75) is 70.7 Å². The Kier molecular flexibility index (Phi) is 7.29. The van der Waals surface area contributed by atoms with Crippen molar-refractivity contribution in [3.8, 4) is 6.07 Å². The predicted molar refractivity (Wildman–Crippen MR) is 94.6 cm³/mol. The molecule has 0 spiro atoms. The smallest absolute Gasteiger partial charge is 0.386 e. The molecule has 0 aliphatic heterocycles. The van der Waals surface area contributed by atoms with Gasteiger partial charge in [0, 0.05) is 18.0 Å². The van der Waals surface area contributed by atoms with Crippen LogP contribution in [0.2, 0.25) is 0 Å². The van der Waals surface area contributed by atoms with Crippen LogP contribution in [0.1, 0.15) is 57.6 Å². The second kappa shape index (κ2) is 9.28. The highest BCUT2D eigenvalue weighted by Crippen LogP contribution is 2.33. The van der Waals surface area contributed by atoms with Gasteiger partial charge in [-0.25, -0.2) is 9.37 Å². The van der Waals surface area contributed by atoms with Gasteiger partial charge in [0.15, 0.2) is 5.82 Å². The van der Waals surface area contributed by atoms with Gasteiger partial charge in [0.2, 0.25) is 5.95 Å². The minimum Gasteiger partial charge on any atom is -0.386 e. The third-order valence-corrected chi connectivity index (χ3v) is 4.57. The first-order chi connectivity index (χ1) is 13.1. The Balaban J connectivity index is 2.33. The summed E-state index contributed by atoms with van der Waals surface area (Å²) in [6.45, 7) is 2.80. The van der Waals surface area contributed by atoms with E-state index in [-0.39, 0.29) is 48.5 Å². The Labute approximate surface area is 160 Å². The molecule has 0 saturated carbocycles. The summed E-state index contributed by atoms with van der Waals surface area (Å²) >= 11 is 0. The highest BCUT2D eigenvalue weighted by molar-refractivity contribution is 5.64. The van der Waals surface area contributed by atoms with Gasteiger partial charge in [-0.1, -0.05) is 6.92 Å². The van der Waals surface area contributed by atoms with E-state index in [4.69, 9.17) is 5.26 Å². The van der Waals surface area contributed by atoms with Crippen LogP contribution in [-0.4, -0.2) is 38.4 Å². The Hall–Kier alpha value is -2.28. The monoisotopic (exact) mass is 401 g/mol. The SMILES string of the molecule is CC(CC#N)Nc1nc(CC[C@H](C)C(F)(F)F)nc(C2=C(F)C(O)CCC2)n1. The number of nitrogens with one attached hydrogen (secondary N) is 1. The lowest BCUT2D eigenvalue weighted by atomic mass is 9.95. The third kappa shape index (κ3) is 5.86. The van der Waals surface area contributed by atoms with E-state index in [1.165, 1.54) is 0 Å². The number of halogens is 4. The molecule has 2 N–H and O–H groups in total. The molecule has 2 unspecified atom stereocenters. The summed E-state index contributed by atoms with van der Waals surface area (Å²) < 4.78 is 52.7. The molecular weight excluding hydrogens is 378 g/mol. The summed E-state index contributed by atoms with van der Waals surface area (Å²) in [4.78, 5) is 12.4. The normalized spacial score (nSPS) is 19.9. The quantitative estimate of drug-likeness (QED) is 0.672. The second-order valence-electron chi connectivity index (χ2n) is 7.02. The van der Waals surface area contributed by atoms with Crippen molar-refractivity contribution in [2.24, 2.45) is 5.92 Å². The molecule has 0 aromatic carbocycles. The van der Waals surface area contributed by atoms with E-state index in [9.17, 15) is 22.7 Å². The molecule has 0 bridgehead atoms. The van der Waals surface area contributed by atoms with Crippen LogP contribution in [0.3, 0.4) is 0 Å². The maximum atomic E-state index is 14.4. The van der Waals surface area contributed by atoms with E-state index in [1.807, 2.05) is 6.07 Å². The zero-order chi connectivity index (χ0) is 20.9. The molecule has 1 aliphatic carbocycles. The van der Waals surface area contributed by atoms with Gasteiger partial charge in [0.25, 0.3) is 0 Å². The molecule has 1 heterocycles. The molecule has 1 aliphatic rings. The van der Waals surface area contributed by atoms with Crippen molar-refractivity contribution < 1.29 is 22.7 Å². The molecule has 3 atom stereocenters. The van der Waals surface area contributed by atoms with Crippen molar-refractivity contribution in [3.05, 3.63) is 17.5 Å². The van der Waals surface area contributed by atoms with Crippen molar-refractivity contribution >= 4 is 11.5 Å². The molecule has 0 amide bonds. The summed E-state index contributed by atoms with van der Waals surface area (Å²) in [5, 5.41) is 21.4. The maximum absolute atomic E-state index is 14.4. The number of aliphatic hydroxyl groups is 1. The predicted octanol–water partition coefficient (Wildman–Crippen LogP) is 3.94. The average molecular weight is 401 g/mol. The number of aromatic nitrogens is 3. The fourth-order valence-electron chi connectivity index (χ4n) is 2.79. The van der Waals surface area contributed by atoms with E-state index in [0.29, 0.717) is 19.3 Å². The third-order valence-electron chi connectivity index (χ3n) is 4.57. The summed E-state index contributed by atoms with van der Waals surface area (Å²) in [6, 6.07) is 1.68. The van der Waals surface area contributed by atoms with Gasteiger partial charge in [-0.3, -0.25) is 0 Å². The molecule has 0 radical (unpaired) electrons. The standard InChI is InChI=1S/C18H23F4N5O/c1-10(18(20,21)22)6-7-14-25-16(12-4-3-5-13(28)15(12)19)27-17(26-14)24-11(2)8-9-23/h10-11,13,28H,3-8H2,1-2H3,(H,24,25,26,27)/t10-,11?,13?/m0/s1. The Morgan fingerprint density at radius 2 is 2.00 bits per heavy atom. The first kappa shape index (κ1) is 22.0. The van der Waals surface area contributed by atoms with Crippen LogP contribution in [0.15, 0.2) is 5.83 Å². The number of rotatable bonds is 7. The van der Waals surface area contributed by atoms with Crippen LogP contribution < -0.4 is 5.32 Å². The van der Waals surface area contributed by atoms with Gasteiger partial charge in [-0.05, 0) is 32.6 Å². The van der Waals surface area contributed by atoms with Crippen LogP contribution in [-0.2, 0) is 6.42 Å². The van der Waals surface area contributed by atoms with E-state index < -0.39 is 24.0 Å². The first-order valence-corrected chi connectivity index (χ1v) is 9.14. The fourth-order valence-corrected chi connectivity index (χ4v) is 2.79. The minimum atomic E-state index is -4.32. The van der Waals surface area contributed by atoms with E-state index in [0.717, 1.165) is 6.92 Å². The Morgan fingerprint density at radius 3 is 2.64 bits per heavy atom. The lowest BCUT2D eigenvalue weighted by Gasteiger charge is -2.20. The average Bonchev–Trinajstić information content (AvgIpc) is 2.61. The van der Waals surface area contributed by atoms with Crippen molar-refractivity contribution in [1.29, 1.82) is 5.26 Å². The molecular formula is C18H23F4N5O. The maximum Gasteiger partial charge on any atom is 0.391 e. The summed E-state index contributed by atoms with van der Waals surface area (Å²) in [5.41, 5.74) is 0.141. The van der Waals surface area contributed by atoms with Gasteiger partial charge >= 0.3 is 6.18 Å². The highest BCUT2D eigenvalue weighted by Gasteiger charge is 2.35.